The molecule has 0 aliphatic heterocycles. The maximum absolute atomic E-state index is 12.9. The molecule has 1 unspecified atom stereocenters. The second-order valence-corrected chi connectivity index (χ2v) is 4.37. The summed E-state index contributed by atoms with van der Waals surface area (Å²) >= 11 is 0. The Kier molecular flexibility index (Phi) is 3.40. The molecular weight excluding hydrogens is 231 g/mol. The van der Waals surface area contributed by atoms with Gasteiger partial charge in [-0.15, -0.1) is 0 Å². The van der Waals surface area contributed by atoms with Gasteiger partial charge >= 0.3 is 6.18 Å². The van der Waals surface area contributed by atoms with E-state index in [4.69, 9.17) is 5.11 Å². The first-order valence-electron chi connectivity index (χ1n) is 5.52. The second-order valence-electron chi connectivity index (χ2n) is 4.37. The molecule has 1 fully saturated rings. The zero-order chi connectivity index (χ0) is 12.5. The number of aliphatic hydroxyl groups is 1. The Morgan fingerprint density at radius 1 is 1.18 bits per heavy atom. The van der Waals surface area contributed by atoms with Crippen LogP contribution in [-0.4, -0.2) is 23.4 Å². The Bertz CT molecular complexity index is 360. The van der Waals surface area contributed by atoms with Crippen molar-refractivity contribution in [1.82, 2.24) is 5.32 Å². The molecule has 5 heteroatoms. The first kappa shape index (κ1) is 12.4. The number of hydrogen-bond donors (Lipinski definition) is 2. The van der Waals surface area contributed by atoms with Gasteiger partial charge in [0, 0.05) is 6.04 Å². The van der Waals surface area contributed by atoms with Crippen LogP contribution in [0, 0.1) is 0 Å². The number of nitrogens with one attached hydrogen (secondary N) is 1. The number of alkyl halides is 3. The fourth-order valence-corrected chi connectivity index (χ4v) is 1.98. The van der Waals surface area contributed by atoms with Crippen LogP contribution in [0.5, 0.6) is 0 Å². The minimum Gasteiger partial charge on any atom is -0.393 e. The summed E-state index contributed by atoms with van der Waals surface area (Å²) < 4.78 is 38.7. The Hall–Kier alpha value is -1.07. The van der Waals surface area contributed by atoms with E-state index in [0.717, 1.165) is 0 Å². The number of hydrogen-bond acceptors (Lipinski definition) is 2. The molecule has 0 aromatic heterocycles. The first-order valence-corrected chi connectivity index (χ1v) is 5.52. The summed E-state index contributed by atoms with van der Waals surface area (Å²) in [5, 5.41) is 11.6. The molecule has 1 atom stereocenters. The van der Waals surface area contributed by atoms with Crippen molar-refractivity contribution in [3.63, 3.8) is 0 Å². The molecule has 1 saturated carbocycles. The molecule has 2 nitrogen and oxygen atoms in total. The van der Waals surface area contributed by atoms with E-state index in [9.17, 15) is 13.2 Å². The molecular formula is C12H14F3NO. The van der Waals surface area contributed by atoms with Crippen LogP contribution in [0.4, 0.5) is 13.2 Å². The lowest BCUT2D eigenvalue weighted by Crippen LogP contribution is -2.49. The zero-order valence-electron chi connectivity index (χ0n) is 9.11. The highest BCUT2D eigenvalue weighted by Crippen LogP contribution is 2.35. The number of rotatable bonds is 3. The fraction of sp³-hybridized carbons (Fsp3) is 0.500. The van der Waals surface area contributed by atoms with Crippen molar-refractivity contribution in [3.8, 4) is 0 Å². The van der Waals surface area contributed by atoms with Gasteiger partial charge in [-0.2, -0.15) is 13.2 Å². The van der Waals surface area contributed by atoms with Crippen LogP contribution in [0.1, 0.15) is 24.4 Å². The summed E-state index contributed by atoms with van der Waals surface area (Å²) in [5.74, 6) is 0. The smallest absolute Gasteiger partial charge is 0.393 e. The van der Waals surface area contributed by atoms with Crippen molar-refractivity contribution in [2.45, 2.75) is 37.2 Å². The van der Waals surface area contributed by atoms with E-state index in [1.54, 1.807) is 18.2 Å². The number of aliphatic hydroxyl groups excluding tert-OH is 1. The predicted octanol–water partition coefficient (Wildman–Crippen LogP) is 2.40. The van der Waals surface area contributed by atoms with Crippen molar-refractivity contribution >= 4 is 0 Å². The third-order valence-corrected chi connectivity index (χ3v) is 2.98. The molecule has 2 rings (SSSR count). The highest BCUT2D eigenvalue weighted by atomic mass is 19.4. The van der Waals surface area contributed by atoms with Crippen LogP contribution in [0.2, 0.25) is 0 Å². The van der Waals surface area contributed by atoms with E-state index in [-0.39, 0.29) is 11.6 Å². The van der Waals surface area contributed by atoms with E-state index >= 15 is 0 Å². The summed E-state index contributed by atoms with van der Waals surface area (Å²) in [6.45, 7) is 0. The van der Waals surface area contributed by atoms with Crippen LogP contribution in [0.3, 0.4) is 0 Å². The molecule has 0 bridgehead atoms. The molecule has 1 aliphatic rings. The lowest BCUT2D eigenvalue weighted by atomic mass is 9.88. The monoisotopic (exact) mass is 245 g/mol. The highest BCUT2D eigenvalue weighted by molar-refractivity contribution is 5.20. The number of benzene rings is 1. The van der Waals surface area contributed by atoms with Gasteiger partial charge in [0.1, 0.15) is 6.04 Å². The minimum absolute atomic E-state index is 0.210. The maximum Gasteiger partial charge on any atom is 0.407 e. The highest BCUT2D eigenvalue weighted by Gasteiger charge is 2.43. The Labute approximate surface area is 97.5 Å². The van der Waals surface area contributed by atoms with Crippen molar-refractivity contribution in [3.05, 3.63) is 35.9 Å². The largest absolute Gasteiger partial charge is 0.407 e. The van der Waals surface area contributed by atoms with Gasteiger partial charge in [0.25, 0.3) is 0 Å². The molecule has 0 heterocycles. The van der Waals surface area contributed by atoms with Gasteiger partial charge in [-0.3, -0.25) is 5.32 Å². The van der Waals surface area contributed by atoms with Gasteiger partial charge in [-0.05, 0) is 18.4 Å². The second kappa shape index (κ2) is 4.66. The van der Waals surface area contributed by atoms with Gasteiger partial charge in [0.2, 0.25) is 0 Å². The molecule has 1 aliphatic carbocycles. The quantitative estimate of drug-likeness (QED) is 0.857. The summed E-state index contributed by atoms with van der Waals surface area (Å²) in [7, 11) is 0. The lowest BCUT2D eigenvalue weighted by molar-refractivity contribution is -0.163. The predicted molar refractivity (Wildman–Crippen MR) is 57.4 cm³/mol. The first-order chi connectivity index (χ1) is 7.97. The van der Waals surface area contributed by atoms with Crippen LogP contribution >= 0.6 is 0 Å². The Morgan fingerprint density at radius 2 is 1.76 bits per heavy atom. The average Bonchev–Trinajstić information content (AvgIpc) is 2.22. The minimum atomic E-state index is -4.32. The molecule has 94 valence electrons. The lowest BCUT2D eigenvalue weighted by Gasteiger charge is -2.36. The topological polar surface area (TPSA) is 32.3 Å². The normalized spacial score (nSPS) is 26.4. The summed E-state index contributed by atoms with van der Waals surface area (Å²) in [6.07, 6.45) is -4.00. The van der Waals surface area contributed by atoms with Gasteiger partial charge in [0.05, 0.1) is 6.10 Å². The molecule has 0 amide bonds. The van der Waals surface area contributed by atoms with E-state index < -0.39 is 18.3 Å². The summed E-state index contributed by atoms with van der Waals surface area (Å²) in [6, 6.07) is 5.87. The average molecular weight is 245 g/mol. The summed E-state index contributed by atoms with van der Waals surface area (Å²) in [5.41, 5.74) is 0.210. The molecule has 1 aromatic rings. The van der Waals surface area contributed by atoms with Gasteiger partial charge in [0.15, 0.2) is 0 Å². The SMILES string of the molecule is OC1CC(NC(c2ccccc2)C(F)(F)F)C1. The third-order valence-electron chi connectivity index (χ3n) is 2.98. The fourth-order valence-electron chi connectivity index (χ4n) is 1.98. The van der Waals surface area contributed by atoms with E-state index in [1.165, 1.54) is 12.1 Å². The van der Waals surface area contributed by atoms with Gasteiger partial charge in [-0.25, -0.2) is 0 Å². The van der Waals surface area contributed by atoms with Gasteiger partial charge in [-0.1, -0.05) is 30.3 Å². The standard InChI is InChI=1S/C12H14F3NO/c13-12(14,15)11(8-4-2-1-3-5-8)16-9-6-10(17)7-9/h1-5,9-11,16-17H,6-7H2. The molecule has 2 N–H and O–H groups in total. The molecule has 0 radical (unpaired) electrons. The van der Waals surface area contributed by atoms with Crippen molar-refractivity contribution in [2.75, 3.05) is 0 Å². The molecule has 17 heavy (non-hydrogen) atoms. The van der Waals surface area contributed by atoms with Crippen molar-refractivity contribution in [1.29, 1.82) is 0 Å². The van der Waals surface area contributed by atoms with E-state index in [0.29, 0.717) is 12.8 Å². The van der Waals surface area contributed by atoms with Crippen molar-refractivity contribution < 1.29 is 18.3 Å². The van der Waals surface area contributed by atoms with Crippen LogP contribution < -0.4 is 5.32 Å². The van der Waals surface area contributed by atoms with Crippen LogP contribution in [0.15, 0.2) is 30.3 Å². The van der Waals surface area contributed by atoms with E-state index in [2.05, 4.69) is 5.32 Å². The maximum atomic E-state index is 12.9. The molecule has 0 saturated heterocycles. The number of halogens is 3. The molecule has 1 aromatic carbocycles. The van der Waals surface area contributed by atoms with E-state index in [1.807, 2.05) is 0 Å². The van der Waals surface area contributed by atoms with Crippen LogP contribution in [0.25, 0.3) is 0 Å². The van der Waals surface area contributed by atoms with Crippen molar-refractivity contribution in [2.24, 2.45) is 0 Å². The Balaban J connectivity index is 2.09. The van der Waals surface area contributed by atoms with Crippen LogP contribution in [-0.2, 0) is 0 Å². The van der Waals surface area contributed by atoms with Gasteiger partial charge < -0.3 is 5.11 Å². The molecule has 0 spiro atoms. The zero-order valence-corrected chi connectivity index (χ0v) is 9.11. The summed E-state index contributed by atoms with van der Waals surface area (Å²) in [4.78, 5) is 0. The third kappa shape index (κ3) is 2.98. The Morgan fingerprint density at radius 3 is 2.24 bits per heavy atom.